The Morgan fingerprint density at radius 2 is 1.75 bits per heavy atom. The highest BCUT2D eigenvalue weighted by molar-refractivity contribution is 4.52. The van der Waals surface area contributed by atoms with E-state index in [1.807, 2.05) is 0 Å². The molecule has 8 heavy (non-hydrogen) atoms. The monoisotopic (exact) mass is 116 g/mol. The average molecular weight is 116 g/mol. The first-order chi connectivity index (χ1) is 3.66. The number of hydrogen-bond donors (Lipinski definition) is 0. The van der Waals surface area contributed by atoms with Gasteiger partial charge in [0.1, 0.15) is 0 Å². The van der Waals surface area contributed by atoms with Gasteiger partial charge in [0.2, 0.25) is 0 Å². The van der Waals surface area contributed by atoms with Gasteiger partial charge in [0.05, 0.1) is 0 Å². The standard InChI is InChI=1S/C8H18.H2/c1-5-8(4)6-7(2)3;/h7-8H,5-6H2,1-4H3;1H. The van der Waals surface area contributed by atoms with Crippen LogP contribution in [-0.2, 0) is 0 Å². The van der Waals surface area contributed by atoms with Crippen LogP contribution in [0.1, 0.15) is 42.0 Å². The fourth-order valence-electron chi connectivity index (χ4n) is 0.971. The average Bonchev–Trinajstić information content (AvgIpc) is 1.65. The molecule has 0 heterocycles. The zero-order chi connectivity index (χ0) is 6.57. The smallest absolute Gasteiger partial charge is 0 e. The Bertz CT molecular complexity index is 50.5. The molecule has 1 atom stereocenters. The molecule has 0 aliphatic heterocycles. The zero-order valence-corrected chi connectivity index (χ0v) is 6.57. The van der Waals surface area contributed by atoms with Gasteiger partial charge in [-0.15, -0.1) is 0 Å². The molecule has 0 amide bonds. The van der Waals surface area contributed by atoms with E-state index in [1.54, 1.807) is 0 Å². The van der Waals surface area contributed by atoms with Crippen LogP contribution in [-0.4, -0.2) is 0 Å². The van der Waals surface area contributed by atoms with Crippen LogP contribution in [0.5, 0.6) is 0 Å². The van der Waals surface area contributed by atoms with E-state index >= 15 is 0 Å². The van der Waals surface area contributed by atoms with Crippen LogP contribution in [0, 0.1) is 11.8 Å². The maximum absolute atomic E-state index is 2.32. The largest absolute Gasteiger partial charge is 0.0651 e. The van der Waals surface area contributed by atoms with E-state index in [9.17, 15) is 0 Å². The van der Waals surface area contributed by atoms with Gasteiger partial charge < -0.3 is 0 Å². The molecule has 0 bridgehead atoms. The Balaban J connectivity index is 0. The van der Waals surface area contributed by atoms with E-state index in [4.69, 9.17) is 0 Å². The van der Waals surface area contributed by atoms with E-state index in [1.165, 1.54) is 12.8 Å². The van der Waals surface area contributed by atoms with Crippen molar-refractivity contribution >= 4 is 0 Å². The Morgan fingerprint density at radius 3 is 1.88 bits per heavy atom. The van der Waals surface area contributed by atoms with Crippen molar-refractivity contribution in [3.63, 3.8) is 0 Å². The summed E-state index contributed by atoms with van der Waals surface area (Å²) in [6, 6.07) is 0. The fraction of sp³-hybridized carbons (Fsp3) is 1.00. The van der Waals surface area contributed by atoms with Crippen LogP contribution in [0.2, 0.25) is 0 Å². The first kappa shape index (κ1) is 8.00. The lowest BCUT2D eigenvalue weighted by Gasteiger charge is -2.09. The summed E-state index contributed by atoms with van der Waals surface area (Å²) in [5, 5.41) is 0. The molecule has 52 valence electrons. The van der Waals surface area contributed by atoms with E-state index in [0.717, 1.165) is 11.8 Å². The predicted octanol–water partition coefficient (Wildman–Crippen LogP) is 3.32. The molecule has 0 aromatic heterocycles. The van der Waals surface area contributed by atoms with Gasteiger partial charge in [-0.3, -0.25) is 0 Å². The van der Waals surface area contributed by atoms with Crippen LogP contribution in [0.25, 0.3) is 0 Å². The molecule has 0 saturated heterocycles. The first-order valence-electron chi connectivity index (χ1n) is 3.66. The van der Waals surface area contributed by atoms with Crippen molar-refractivity contribution in [2.24, 2.45) is 11.8 Å². The molecule has 0 aliphatic rings. The minimum atomic E-state index is 0. The van der Waals surface area contributed by atoms with Crippen molar-refractivity contribution in [3.8, 4) is 0 Å². The van der Waals surface area contributed by atoms with E-state index in [2.05, 4.69) is 27.7 Å². The second-order valence-corrected chi connectivity index (χ2v) is 3.14. The number of rotatable bonds is 3. The van der Waals surface area contributed by atoms with Crippen molar-refractivity contribution in [1.29, 1.82) is 0 Å². The Morgan fingerprint density at radius 1 is 1.25 bits per heavy atom. The Hall–Kier alpha value is 0. The molecule has 0 N–H and O–H groups in total. The van der Waals surface area contributed by atoms with Gasteiger partial charge in [-0.25, -0.2) is 0 Å². The third-order valence-corrected chi connectivity index (χ3v) is 1.57. The van der Waals surface area contributed by atoms with E-state index < -0.39 is 0 Å². The highest BCUT2D eigenvalue weighted by Crippen LogP contribution is 2.12. The van der Waals surface area contributed by atoms with E-state index in [-0.39, 0.29) is 1.43 Å². The summed E-state index contributed by atoms with van der Waals surface area (Å²) in [5.74, 6) is 1.81. The van der Waals surface area contributed by atoms with E-state index in [0.29, 0.717) is 0 Å². The van der Waals surface area contributed by atoms with Crippen molar-refractivity contribution in [3.05, 3.63) is 0 Å². The van der Waals surface area contributed by atoms with Gasteiger partial charge in [0, 0.05) is 1.43 Å². The molecule has 0 aliphatic carbocycles. The van der Waals surface area contributed by atoms with Crippen LogP contribution in [0.15, 0.2) is 0 Å². The summed E-state index contributed by atoms with van der Waals surface area (Å²) in [6.45, 7) is 9.14. The van der Waals surface area contributed by atoms with Gasteiger partial charge in [0.25, 0.3) is 0 Å². The summed E-state index contributed by atoms with van der Waals surface area (Å²) < 4.78 is 0. The molecule has 0 spiro atoms. The van der Waals surface area contributed by atoms with Crippen LogP contribution >= 0.6 is 0 Å². The third kappa shape index (κ3) is 4.17. The molecular formula is C8H20. The minimum Gasteiger partial charge on any atom is -0.0651 e. The van der Waals surface area contributed by atoms with Gasteiger partial charge in [-0.2, -0.15) is 0 Å². The lowest BCUT2D eigenvalue weighted by molar-refractivity contribution is 0.429. The molecule has 0 heteroatoms. The summed E-state index contributed by atoms with van der Waals surface area (Å²) in [7, 11) is 0. The SMILES string of the molecule is CCC(C)CC(C)C.[HH]. The minimum absolute atomic E-state index is 0. The van der Waals surface area contributed by atoms with Crippen LogP contribution in [0.4, 0.5) is 0 Å². The van der Waals surface area contributed by atoms with Gasteiger partial charge >= 0.3 is 0 Å². The Labute approximate surface area is 54.8 Å². The summed E-state index contributed by atoms with van der Waals surface area (Å²) in [5.41, 5.74) is 0. The summed E-state index contributed by atoms with van der Waals surface area (Å²) in [6.07, 6.45) is 2.72. The molecule has 0 aromatic carbocycles. The predicted molar refractivity (Wildman–Crippen MR) is 41.0 cm³/mol. The molecule has 0 saturated carbocycles. The topological polar surface area (TPSA) is 0 Å². The van der Waals surface area contributed by atoms with Crippen LogP contribution in [0.3, 0.4) is 0 Å². The summed E-state index contributed by atoms with van der Waals surface area (Å²) >= 11 is 0. The second kappa shape index (κ2) is 3.94. The maximum Gasteiger partial charge on any atom is 0 e. The fourth-order valence-corrected chi connectivity index (χ4v) is 0.971. The molecular weight excluding hydrogens is 96.1 g/mol. The van der Waals surface area contributed by atoms with Gasteiger partial charge in [-0.05, 0) is 18.3 Å². The second-order valence-electron chi connectivity index (χ2n) is 3.14. The van der Waals surface area contributed by atoms with Crippen LogP contribution < -0.4 is 0 Å². The van der Waals surface area contributed by atoms with Gasteiger partial charge in [0.15, 0.2) is 0 Å². The molecule has 1 unspecified atom stereocenters. The highest BCUT2D eigenvalue weighted by Gasteiger charge is 2.00. The molecule has 0 rings (SSSR count). The molecule has 0 aromatic rings. The van der Waals surface area contributed by atoms with Gasteiger partial charge in [-0.1, -0.05) is 34.1 Å². The van der Waals surface area contributed by atoms with Crippen molar-refractivity contribution < 1.29 is 1.43 Å². The number of hydrogen-bond acceptors (Lipinski definition) is 0. The Kier molecular flexibility index (Phi) is 3.94. The molecule has 0 fully saturated rings. The lowest BCUT2D eigenvalue weighted by atomic mass is 9.97. The normalized spacial score (nSPS) is 14.6. The molecule has 0 nitrogen and oxygen atoms in total. The van der Waals surface area contributed by atoms with Crippen molar-refractivity contribution in [1.82, 2.24) is 0 Å². The lowest BCUT2D eigenvalue weighted by Crippen LogP contribution is -1.97. The highest BCUT2D eigenvalue weighted by atomic mass is 14.1. The summed E-state index contributed by atoms with van der Waals surface area (Å²) in [4.78, 5) is 0. The quantitative estimate of drug-likeness (QED) is 0.530. The van der Waals surface area contributed by atoms with Crippen molar-refractivity contribution in [2.45, 2.75) is 40.5 Å². The molecule has 0 radical (unpaired) electrons. The maximum atomic E-state index is 2.32. The third-order valence-electron chi connectivity index (χ3n) is 1.57. The zero-order valence-electron chi connectivity index (χ0n) is 6.57. The first-order valence-corrected chi connectivity index (χ1v) is 3.66. The van der Waals surface area contributed by atoms with Crippen molar-refractivity contribution in [2.75, 3.05) is 0 Å².